The number of benzene rings is 1. The molecule has 1 saturated heterocycles. The highest BCUT2D eigenvalue weighted by Gasteiger charge is 2.26. The normalized spacial score (nSPS) is 20.0. The number of urea groups is 1. The maximum atomic E-state index is 12.5. The van der Waals surface area contributed by atoms with Gasteiger partial charge in [-0.25, -0.2) is 4.79 Å². The number of H-pyrrole nitrogens is 1. The highest BCUT2D eigenvalue weighted by molar-refractivity contribution is 5.75. The monoisotopic (exact) mass is 326 g/mol. The fraction of sp³-hybridized carbons (Fsp3) is 0.444. The predicted octanol–water partition coefficient (Wildman–Crippen LogP) is 2.32. The summed E-state index contributed by atoms with van der Waals surface area (Å²) in [5.74, 6) is 0. The molecule has 1 unspecified atom stereocenters. The van der Waals surface area contributed by atoms with Crippen LogP contribution in [0.4, 0.5) is 4.79 Å². The molecule has 126 valence electrons. The molecule has 1 aromatic heterocycles. The van der Waals surface area contributed by atoms with Crippen molar-refractivity contribution in [2.45, 2.75) is 31.9 Å². The third-order valence-electron chi connectivity index (χ3n) is 4.77. The number of carbonyl (C=O) groups excluding carboxylic acids is 1. The Morgan fingerprint density at radius 1 is 1.38 bits per heavy atom. The molecule has 0 bridgehead atoms. The zero-order valence-corrected chi connectivity index (χ0v) is 13.6. The van der Waals surface area contributed by atoms with Gasteiger partial charge in [0.15, 0.2) is 0 Å². The Labute approximate surface area is 141 Å². The quantitative estimate of drug-likeness (QED) is 0.909. The highest BCUT2D eigenvalue weighted by Crippen LogP contribution is 2.28. The van der Waals surface area contributed by atoms with Crippen molar-refractivity contribution in [3.63, 3.8) is 0 Å². The van der Waals surface area contributed by atoms with Crippen LogP contribution in [0.5, 0.6) is 0 Å². The van der Waals surface area contributed by atoms with Crippen LogP contribution in [0.15, 0.2) is 30.3 Å². The molecule has 0 aliphatic carbocycles. The fourth-order valence-electron chi connectivity index (χ4n) is 3.42. The number of nitrogens with one attached hydrogen (secondary N) is 2. The van der Waals surface area contributed by atoms with E-state index in [2.05, 4.69) is 15.5 Å². The number of ether oxygens (including phenoxy) is 1. The second kappa shape index (κ2) is 6.65. The molecular formula is C18H22N4O2. The lowest BCUT2D eigenvalue weighted by molar-refractivity contribution is 0.108. The van der Waals surface area contributed by atoms with Crippen LogP contribution in [0.2, 0.25) is 0 Å². The lowest BCUT2D eigenvalue weighted by Gasteiger charge is -2.28. The number of carbonyl (C=O) groups is 1. The largest absolute Gasteiger partial charge is 0.376 e. The number of hydrogen-bond donors (Lipinski definition) is 2. The van der Waals surface area contributed by atoms with Crippen molar-refractivity contribution in [2.75, 3.05) is 19.7 Å². The molecule has 2 aliphatic rings. The first-order valence-corrected chi connectivity index (χ1v) is 8.57. The van der Waals surface area contributed by atoms with Crippen LogP contribution in [0.1, 0.15) is 24.1 Å². The first-order chi connectivity index (χ1) is 11.8. The second-order valence-corrected chi connectivity index (χ2v) is 6.39. The average molecular weight is 326 g/mol. The Morgan fingerprint density at radius 2 is 2.25 bits per heavy atom. The topological polar surface area (TPSA) is 70.2 Å². The van der Waals surface area contributed by atoms with E-state index in [1.807, 2.05) is 35.2 Å². The van der Waals surface area contributed by atoms with Crippen LogP contribution in [0, 0.1) is 0 Å². The molecule has 6 nitrogen and oxygen atoms in total. The van der Waals surface area contributed by atoms with E-state index < -0.39 is 0 Å². The van der Waals surface area contributed by atoms with E-state index in [0.717, 1.165) is 48.4 Å². The maximum Gasteiger partial charge on any atom is 0.317 e. The molecule has 3 heterocycles. The van der Waals surface area contributed by atoms with Gasteiger partial charge in [0.05, 0.1) is 18.3 Å². The minimum Gasteiger partial charge on any atom is -0.376 e. The van der Waals surface area contributed by atoms with Crippen LogP contribution in [-0.2, 0) is 17.7 Å². The Balaban J connectivity index is 1.45. The molecule has 1 aromatic carbocycles. The molecular weight excluding hydrogens is 304 g/mol. The van der Waals surface area contributed by atoms with Gasteiger partial charge < -0.3 is 15.0 Å². The number of rotatable bonds is 3. The van der Waals surface area contributed by atoms with Gasteiger partial charge in [-0.2, -0.15) is 5.10 Å². The SMILES string of the molecule is O=C(NCC1CCCO1)N1CCc2[nH]nc(-c3ccccc3)c2C1. The van der Waals surface area contributed by atoms with E-state index in [1.54, 1.807) is 0 Å². The summed E-state index contributed by atoms with van der Waals surface area (Å²) in [4.78, 5) is 14.3. The Bertz CT molecular complexity index is 707. The van der Waals surface area contributed by atoms with Crippen molar-refractivity contribution in [1.29, 1.82) is 0 Å². The van der Waals surface area contributed by atoms with Gasteiger partial charge in [0.25, 0.3) is 0 Å². The number of aromatic nitrogens is 2. The number of fused-ring (bicyclic) bond motifs is 1. The molecule has 0 spiro atoms. The highest BCUT2D eigenvalue weighted by atomic mass is 16.5. The molecule has 2 aliphatic heterocycles. The van der Waals surface area contributed by atoms with Crippen molar-refractivity contribution in [2.24, 2.45) is 0 Å². The van der Waals surface area contributed by atoms with Gasteiger partial charge in [-0.15, -0.1) is 0 Å². The van der Waals surface area contributed by atoms with Crippen molar-refractivity contribution in [1.82, 2.24) is 20.4 Å². The Hall–Kier alpha value is -2.34. The molecule has 0 radical (unpaired) electrons. The maximum absolute atomic E-state index is 12.5. The van der Waals surface area contributed by atoms with E-state index >= 15 is 0 Å². The van der Waals surface area contributed by atoms with Gasteiger partial charge in [0.2, 0.25) is 0 Å². The van der Waals surface area contributed by atoms with Gasteiger partial charge in [-0.05, 0) is 12.8 Å². The van der Waals surface area contributed by atoms with Crippen LogP contribution in [-0.4, -0.2) is 46.9 Å². The van der Waals surface area contributed by atoms with E-state index in [-0.39, 0.29) is 12.1 Å². The lowest BCUT2D eigenvalue weighted by Crippen LogP contribution is -2.44. The summed E-state index contributed by atoms with van der Waals surface area (Å²) in [6, 6.07) is 10.1. The Morgan fingerprint density at radius 3 is 3.04 bits per heavy atom. The van der Waals surface area contributed by atoms with Crippen LogP contribution in [0.3, 0.4) is 0 Å². The van der Waals surface area contributed by atoms with Crippen LogP contribution >= 0.6 is 0 Å². The Kier molecular flexibility index (Phi) is 4.21. The summed E-state index contributed by atoms with van der Waals surface area (Å²) in [7, 11) is 0. The van der Waals surface area contributed by atoms with Crippen molar-refractivity contribution < 1.29 is 9.53 Å². The molecule has 24 heavy (non-hydrogen) atoms. The van der Waals surface area contributed by atoms with Crippen LogP contribution < -0.4 is 5.32 Å². The number of nitrogens with zero attached hydrogens (tertiary/aromatic N) is 2. The molecule has 4 rings (SSSR count). The summed E-state index contributed by atoms with van der Waals surface area (Å²) >= 11 is 0. The molecule has 2 amide bonds. The van der Waals surface area contributed by atoms with E-state index in [0.29, 0.717) is 19.6 Å². The van der Waals surface area contributed by atoms with Gasteiger partial charge in [0, 0.05) is 42.9 Å². The van der Waals surface area contributed by atoms with E-state index in [9.17, 15) is 4.79 Å². The molecule has 2 N–H and O–H groups in total. The van der Waals surface area contributed by atoms with E-state index in [1.165, 1.54) is 0 Å². The third kappa shape index (κ3) is 3.01. The van der Waals surface area contributed by atoms with E-state index in [4.69, 9.17) is 4.74 Å². The summed E-state index contributed by atoms with van der Waals surface area (Å²) in [5, 5.41) is 10.6. The van der Waals surface area contributed by atoms with Gasteiger partial charge >= 0.3 is 6.03 Å². The number of hydrogen-bond acceptors (Lipinski definition) is 3. The predicted molar refractivity (Wildman–Crippen MR) is 90.5 cm³/mol. The standard InChI is InChI=1S/C18H22N4O2/c23-18(19-11-14-7-4-10-24-14)22-9-8-16-15(12-22)17(21-20-16)13-5-2-1-3-6-13/h1-3,5-6,14H,4,7-12H2,(H,19,23)(H,20,21). The first kappa shape index (κ1) is 15.2. The number of amides is 2. The minimum atomic E-state index is -0.0173. The summed E-state index contributed by atoms with van der Waals surface area (Å²) < 4.78 is 5.56. The van der Waals surface area contributed by atoms with Crippen molar-refractivity contribution >= 4 is 6.03 Å². The lowest BCUT2D eigenvalue weighted by atomic mass is 10.0. The number of aromatic amines is 1. The van der Waals surface area contributed by atoms with Crippen molar-refractivity contribution in [3.05, 3.63) is 41.6 Å². The summed E-state index contributed by atoms with van der Waals surface area (Å²) in [6.45, 7) is 2.70. The molecule has 1 fully saturated rings. The van der Waals surface area contributed by atoms with Crippen molar-refractivity contribution in [3.8, 4) is 11.3 Å². The first-order valence-electron chi connectivity index (χ1n) is 8.57. The van der Waals surface area contributed by atoms with Crippen LogP contribution in [0.25, 0.3) is 11.3 Å². The fourth-order valence-corrected chi connectivity index (χ4v) is 3.42. The third-order valence-corrected chi connectivity index (χ3v) is 4.77. The summed E-state index contributed by atoms with van der Waals surface area (Å²) in [6.07, 6.45) is 3.10. The van der Waals surface area contributed by atoms with Gasteiger partial charge in [-0.3, -0.25) is 5.10 Å². The smallest absolute Gasteiger partial charge is 0.317 e. The second-order valence-electron chi connectivity index (χ2n) is 6.39. The zero-order valence-electron chi connectivity index (χ0n) is 13.6. The van der Waals surface area contributed by atoms with Gasteiger partial charge in [0.1, 0.15) is 0 Å². The molecule has 1 atom stereocenters. The molecule has 2 aromatic rings. The molecule has 6 heteroatoms. The van der Waals surface area contributed by atoms with Gasteiger partial charge in [-0.1, -0.05) is 30.3 Å². The minimum absolute atomic E-state index is 0.0173. The molecule has 0 saturated carbocycles. The average Bonchev–Trinajstić information content (AvgIpc) is 3.29. The zero-order chi connectivity index (χ0) is 16.4. The summed E-state index contributed by atoms with van der Waals surface area (Å²) in [5.41, 5.74) is 4.29.